The molecule has 3 aromatic rings. The molecule has 0 unspecified atom stereocenters. The molecule has 0 saturated heterocycles. The van der Waals surface area contributed by atoms with E-state index in [0.717, 1.165) is 0 Å². The van der Waals surface area contributed by atoms with Crippen molar-refractivity contribution in [2.45, 2.75) is 19.5 Å². The van der Waals surface area contributed by atoms with E-state index in [1.165, 1.54) is 5.56 Å². The van der Waals surface area contributed by atoms with Gasteiger partial charge in [0.1, 0.15) is 5.82 Å². The predicted octanol–water partition coefficient (Wildman–Crippen LogP) is 3.77. The first-order valence-corrected chi connectivity index (χ1v) is 7.86. The summed E-state index contributed by atoms with van der Waals surface area (Å²) < 4.78 is 0. The third kappa shape index (κ3) is 3.44. The Morgan fingerprint density at radius 2 is 1.96 bits per heavy atom. The van der Waals surface area contributed by atoms with Gasteiger partial charge in [-0.25, -0.2) is 4.98 Å². The number of aromatic nitrogens is 2. The minimum atomic E-state index is -0.159. The summed E-state index contributed by atoms with van der Waals surface area (Å²) in [6.07, 6.45) is 0. The Balaban J connectivity index is 1.86. The quantitative estimate of drug-likeness (QED) is 0.793. The van der Waals surface area contributed by atoms with Crippen LogP contribution in [0.4, 0.5) is 0 Å². The summed E-state index contributed by atoms with van der Waals surface area (Å²) >= 11 is 5.94. The van der Waals surface area contributed by atoms with Crippen molar-refractivity contribution >= 4 is 22.5 Å². The Bertz CT molecular complexity index is 876. The molecule has 5 heteroatoms. The minimum absolute atomic E-state index is 0.159. The molecule has 2 aromatic carbocycles. The molecular formula is C18H18ClN3O. The van der Waals surface area contributed by atoms with Gasteiger partial charge in [-0.15, -0.1) is 0 Å². The molecular weight excluding hydrogens is 310 g/mol. The number of aromatic amines is 1. The highest BCUT2D eigenvalue weighted by Gasteiger charge is 2.13. The van der Waals surface area contributed by atoms with Gasteiger partial charge >= 0.3 is 0 Å². The summed E-state index contributed by atoms with van der Waals surface area (Å²) in [5, 5.41) is 1.05. The number of hydrogen-bond donors (Lipinski definition) is 1. The van der Waals surface area contributed by atoms with Crippen LogP contribution in [0, 0.1) is 0 Å². The van der Waals surface area contributed by atoms with Crippen LogP contribution in [0.25, 0.3) is 10.9 Å². The number of H-pyrrole nitrogens is 1. The third-order valence-electron chi connectivity index (χ3n) is 4.06. The van der Waals surface area contributed by atoms with Crippen molar-refractivity contribution in [1.29, 1.82) is 0 Å². The molecule has 118 valence electrons. The van der Waals surface area contributed by atoms with E-state index in [2.05, 4.69) is 33.9 Å². The Labute approximate surface area is 139 Å². The van der Waals surface area contributed by atoms with E-state index < -0.39 is 0 Å². The lowest BCUT2D eigenvalue weighted by atomic mass is 10.1. The molecule has 1 aromatic heterocycles. The van der Waals surface area contributed by atoms with Crippen LogP contribution in [0.15, 0.2) is 53.3 Å². The molecule has 0 spiro atoms. The zero-order valence-electron chi connectivity index (χ0n) is 13.1. The fourth-order valence-electron chi connectivity index (χ4n) is 2.59. The lowest BCUT2D eigenvalue weighted by Gasteiger charge is -2.24. The molecule has 0 fully saturated rings. The Morgan fingerprint density at radius 1 is 1.22 bits per heavy atom. The molecule has 1 N–H and O–H groups in total. The van der Waals surface area contributed by atoms with Gasteiger partial charge in [-0.1, -0.05) is 41.9 Å². The van der Waals surface area contributed by atoms with Crippen LogP contribution in [0.1, 0.15) is 24.4 Å². The van der Waals surface area contributed by atoms with Crippen LogP contribution in [0.2, 0.25) is 5.02 Å². The smallest absolute Gasteiger partial charge is 0.258 e. The van der Waals surface area contributed by atoms with Crippen LogP contribution in [0.5, 0.6) is 0 Å². The highest BCUT2D eigenvalue weighted by molar-refractivity contribution is 6.31. The van der Waals surface area contributed by atoms with E-state index >= 15 is 0 Å². The van der Waals surface area contributed by atoms with Gasteiger partial charge < -0.3 is 4.98 Å². The van der Waals surface area contributed by atoms with Crippen molar-refractivity contribution in [2.75, 3.05) is 7.05 Å². The number of hydrogen-bond acceptors (Lipinski definition) is 3. The molecule has 0 amide bonds. The molecule has 0 aliphatic carbocycles. The monoisotopic (exact) mass is 327 g/mol. The fraction of sp³-hybridized carbons (Fsp3) is 0.222. The lowest BCUT2D eigenvalue weighted by molar-refractivity contribution is 0.247. The van der Waals surface area contributed by atoms with Crippen molar-refractivity contribution in [3.63, 3.8) is 0 Å². The zero-order chi connectivity index (χ0) is 16.4. The number of halogens is 1. The maximum Gasteiger partial charge on any atom is 0.258 e. The van der Waals surface area contributed by atoms with E-state index in [1.807, 2.05) is 25.2 Å². The van der Waals surface area contributed by atoms with Crippen molar-refractivity contribution in [3.05, 3.63) is 75.3 Å². The minimum Gasteiger partial charge on any atom is -0.309 e. The van der Waals surface area contributed by atoms with Gasteiger partial charge in [0.2, 0.25) is 0 Å². The molecule has 0 bridgehead atoms. The molecule has 0 aliphatic rings. The maximum atomic E-state index is 12.2. The highest BCUT2D eigenvalue weighted by atomic mass is 35.5. The van der Waals surface area contributed by atoms with Crippen molar-refractivity contribution in [2.24, 2.45) is 0 Å². The molecule has 23 heavy (non-hydrogen) atoms. The fourth-order valence-corrected chi connectivity index (χ4v) is 2.77. The number of nitrogens with one attached hydrogen (secondary N) is 1. The van der Waals surface area contributed by atoms with Crippen molar-refractivity contribution in [1.82, 2.24) is 14.9 Å². The van der Waals surface area contributed by atoms with Crippen LogP contribution in [-0.2, 0) is 6.54 Å². The molecule has 4 nitrogen and oxygen atoms in total. The predicted molar refractivity (Wildman–Crippen MR) is 93.7 cm³/mol. The van der Waals surface area contributed by atoms with Crippen molar-refractivity contribution < 1.29 is 0 Å². The Kier molecular flexibility index (Phi) is 4.46. The van der Waals surface area contributed by atoms with Crippen LogP contribution < -0.4 is 5.56 Å². The summed E-state index contributed by atoms with van der Waals surface area (Å²) in [4.78, 5) is 21.7. The van der Waals surface area contributed by atoms with E-state index in [0.29, 0.717) is 28.3 Å². The highest BCUT2D eigenvalue weighted by Crippen LogP contribution is 2.20. The summed E-state index contributed by atoms with van der Waals surface area (Å²) in [5.74, 6) is 0.648. The molecule has 3 rings (SSSR count). The van der Waals surface area contributed by atoms with Gasteiger partial charge in [-0.05, 0) is 37.7 Å². The number of fused-ring (bicyclic) bond motifs is 1. The third-order valence-corrected chi connectivity index (χ3v) is 4.29. The van der Waals surface area contributed by atoms with Crippen LogP contribution in [0.3, 0.4) is 0 Å². The van der Waals surface area contributed by atoms with Gasteiger partial charge in [0.25, 0.3) is 5.56 Å². The van der Waals surface area contributed by atoms with E-state index in [9.17, 15) is 4.79 Å². The molecule has 0 radical (unpaired) electrons. The second-order valence-electron chi connectivity index (χ2n) is 5.68. The molecule has 0 aliphatic heterocycles. The molecule has 1 heterocycles. The van der Waals surface area contributed by atoms with Gasteiger partial charge in [-0.2, -0.15) is 0 Å². The van der Waals surface area contributed by atoms with Gasteiger partial charge in [0, 0.05) is 11.1 Å². The second kappa shape index (κ2) is 6.52. The standard InChI is InChI=1S/C18H18ClN3O/c1-12(13-6-4-3-5-7-13)22(2)11-17-20-16-9-8-14(19)10-15(16)18(23)21-17/h3-10,12H,11H2,1-2H3,(H,20,21,23)/t12-/m0/s1. The zero-order valence-corrected chi connectivity index (χ0v) is 13.8. The van der Waals surface area contributed by atoms with Crippen molar-refractivity contribution in [3.8, 4) is 0 Å². The Morgan fingerprint density at radius 3 is 2.70 bits per heavy atom. The second-order valence-corrected chi connectivity index (χ2v) is 6.11. The summed E-state index contributed by atoms with van der Waals surface area (Å²) in [6, 6.07) is 15.6. The van der Waals surface area contributed by atoms with E-state index in [1.54, 1.807) is 18.2 Å². The van der Waals surface area contributed by atoms with Gasteiger partial charge in [0.15, 0.2) is 0 Å². The molecule has 1 atom stereocenters. The van der Waals surface area contributed by atoms with E-state index in [4.69, 9.17) is 11.6 Å². The number of nitrogens with zero attached hydrogens (tertiary/aromatic N) is 2. The summed E-state index contributed by atoms with van der Waals surface area (Å²) in [7, 11) is 2.02. The first-order chi connectivity index (χ1) is 11.0. The Hall–Kier alpha value is -2.17. The number of rotatable bonds is 4. The van der Waals surface area contributed by atoms with Crippen LogP contribution >= 0.6 is 11.6 Å². The topological polar surface area (TPSA) is 49.0 Å². The summed E-state index contributed by atoms with van der Waals surface area (Å²) in [6.45, 7) is 2.69. The van der Waals surface area contributed by atoms with Gasteiger partial charge in [-0.3, -0.25) is 9.69 Å². The largest absolute Gasteiger partial charge is 0.309 e. The number of benzene rings is 2. The maximum absolute atomic E-state index is 12.2. The van der Waals surface area contributed by atoms with Gasteiger partial charge in [0.05, 0.1) is 17.4 Å². The first-order valence-electron chi connectivity index (χ1n) is 7.48. The SMILES string of the molecule is C[C@@H](c1ccccc1)N(C)Cc1nc2ccc(Cl)cc2c(=O)[nH]1. The normalized spacial score (nSPS) is 12.7. The first kappa shape index (κ1) is 15.7. The lowest BCUT2D eigenvalue weighted by Crippen LogP contribution is -2.25. The molecule has 0 saturated carbocycles. The van der Waals surface area contributed by atoms with Crippen LogP contribution in [-0.4, -0.2) is 21.9 Å². The van der Waals surface area contributed by atoms with E-state index in [-0.39, 0.29) is 11.6 Å². The summed E-state index contributed by atoms with van der Waals surface area (Å²) in [5.41, 5.74) is 1.73. The average Bonchev–Trinajstić information content (AvgIpc) is 2.55. The average molecular weight is 328 g/mol.